The molecule has 3 N–H and O–H groups in total. The quantitative estimate of drug-likeness (QED) is 0.749. The third-order valence-corrected chi connectivity index (χ3v) is 3.21. The molecule has 2 rings (SSSR count). The van der Waals surface area contributed by atoms with Crippen LogP contribution in [0.4, 0.5) is 0 Å². The summed E-state index contributed by atoms with van der Waals surface area (Å²) in [6.07, 6.45) is 1.40. The highest BCUT2D eigenvalue weighted by atomic mass is 16.3. The molecule has 0 fully saturated rings. The molecule has 1 unspecified atom stereocenters. The largest absolute Gasteiger partial charge is 0.392 e. The molecule has 0 bridgehead atoms. The molecular formula is C12H15NO2. The van der Waals surface area contributed by atoms with Gasteiger partial charge in [-0.2, -0.15) is 0 Å². The number of hydrogen-bond donors (Lipinski definition) is 2. The van der Waals surface area contributed by atoms with Crippen LogP contribution in [0, 0.1) is 5.41 Å². The van der Waals surface area contributed by atoms with E-state index in [0.717, 1.165) is 11.1 Å². The van der Waals surface area contributed by atoms with Crippen molar-refractivity contribution in [1.29, 1.82) is 0 Å². The number of fused-ring (bicyclic) bond motifs is 1. The van der Waals surface area contributed by atoms with Crippen molar-refractivity contribution in [3.8, 4) is 0 Å². The summed E-state index contributed by atoms with van der Waals surface area (Å²) in [7, 11) is 0. The zero-order chi connectivity index (χ0) is 11.1. The molecule has 3 heteroatoms. The van der Waals surface area contributed by atoms with Gasteiger partial charge in [-0.1, -0.05) is 25.1 Å². The van der Waals surface area contributed by atoms with Gasteiger partial charge in [0, 0.05) is 0 Å². The van der Waals surface area contributed by atoms with E-state index < -0.39 is 5.41 Å². The van der Waals surface area contributed by atoms with Crippen LogP contribution in [-0.4, -0.2) is 11.0 Å². The van der Waals surface area contributed by atoms with Crippen molar-refractivity contribution in [1.82, 2.24) is 0 Å². The molecule has 15 heavy (non-hydrogen) atoms. The Morgan fingerprint density at radius 3 is 2.73 bits per heavy atom. The fourth-order valence-electron chi connectivity index (χ4n) is 2.19. The lowest BCUT2D eigenvalue weighted by molar-refractivity contribution is -0.126. The smallest absolute Gasteiger partial charge is 0.224 e. The summed E-state index contributed by atoms with van der Waals surface area (Å²) in [5, 5.41) is 9.02. The SMILES string of the molecule is CC1(C(N)=O)Cc2ccc(CO)cc2C1. The number of carbonyl (C=O) groups is 1. The molecule has 0 saturated carbocycles. The number of aliphatic hydroxyl groups excluding tert-OH is 1. The van der Waals surface area contributed by atoms with Crippen LogP contribution in [0.2, 0.25) is 0 Å². The summed E-state index contributed by atoms with van der Waals surface area (Å²) >= 11 is 0. The molecule has 1 aromatic rings. The van der Waals surface area contributed by atoms with Crippen molar-refractivity contribution >= 4 is 5.91 Å². The van der Waals surface area contributed by atoms with E-state index in [1.54, 1.807) is 0 Å². The van der Waals surface area contributed by atoms with Crippen LogP contribution in [0.1, 0.15) is 23.6 Å². The van der Waals surface area contributed by atoms with E-state index in [1.165, 1.54) is 5.56 Å². The van der Waals surface area contributed by atoms with Crippen LogP contribution >= 0.6 is 0 Å². The van der Waals surface area contributed by atoms with Crippen molar-refractivity contribution in [3.63, 3.8) is 0 Å². The summed E-state index contributed by atoms with van der Waals surface area (Å²) in [6.45, 7) is 1.94. The minimum Gasteiger partial charge on any atom is -0.392 e. The Labute approximate surface area is 88.9 Å². The van der Waals surface area contributed by atoms with Gasteiger partial charge in [0.15, 0.2) is 0 Å². The van der Waals surface area contributed by atoms with E-state index in [9.17, 15) is 4.79 Å². The van der Waals surface area contributed by atoms with Gasteiger partial charge in [-0.3, -0.25) is 4.79 Å². The van der Waals surface area contributed by atoms with Crippen LogP contribution in [-0.2, 0) is 24.2 Å². The van der Waals surface area contributed by atoms with Gasteiger partial charge in [-0.05, 0) is 29.5 Å². The number of amides is 1. The van der Waals surface area contributed by atoms with Crippen LogP contribution < -0.4 is 5.73 Å². The average molecular weight is 205 g/mol. The highest BCUT2D eigenvalue weighted by Crippen LogP contribution is 2.36. The Morgan fingerprint density at radius 2 is 2.13 bits per heavy atom. The van der Waals surface area contributed by atoms with Gasteiger partial charge in [-0.15, -0.1) is 0 Å². The predicted molar refractivity (Wildman–Crippen MR) is 57.1 cm³/mol. The predicted octanol–water partition coefficient (Wildman–Crippen LogP) is 0.769. The molecule has 80 valence electrons. The van der Waals surface area contributed by atoms with Gasteiger partial charge in [0.1, 0.15) is 0 Å². The second kappa shape index (κ2) is 3.35. The van der Waals surface area contributed by atoms with Gasteiger partial charge in [0.2, 0.25) is 5.91 Å². The number of aliphatic hydroxyl groups is 1. The number of benzene rings is 1. The molecule has 1 aromatic carbocycles. The first-order valence-corrected chi connectivity index (χ1v) is 5.06. The van der Waals surface area contributed by atoms with Crippen LogP contribution in [0.5, 0.6) is 0 Å². The number of carbonyl (C=O) groups excluding carboxylic acids is 1. The normalized spacial score (nSPS) is 23.9. The summed E-state index contributed by atoms with van der Waals surface area (Å²) < 4.78 is 0. The molecule has 0 radical (unpaired) electrons. The van der Waals surface area contributed by atoms with Crippen molar-refractivity contribution in [2.75, 3.05) is 0 Å². The summed E-state index contributed by atoms with van der Waals surface area (Å²) in [6, 6.07) is 5.84. The Morgan fingerprint density at radius 1 is 1.47 bits per heavy atom. The first-order valence-electron chi connectivity index (χ1n) is 5.06. The molecule has 1 amide bonds. The molecule has 0 heterocycles. The minimum absolute atomic E-state index is 0.0422. The van der Waals surface area contributed by atoms with Crippen molar-refractivity contribution < 1.29 is 9.90 Å². The molecule has 3 nitrogen and oxygen atoms in total. The monoisotopic (exact) mass is 205 g/mol. The summed E-state index contributed by atoms with van der Waals surface area (Å²) in [5.74, 6) is -0.246. The second-order valence-electron chi connectivity index (χ2n) is 4.54. The molecule has 1 aliphatic rings. The Kier molecular flexibility index (Phi) is 2.27. The third kappa shape index (κ3) is 1.63. The lowest BCUT2D eigenvalue weighted by Gasteiger charge is -2.17. The fraction of sp³-hybridized carbons (Fsp3) is 0.417. The number of hydrogen-bond acceptors (Lipinski definition) is 2. The van der Waals surface area contributed by atoms with Crippen molar-refractivity contribution in [3.05, 3.63) is 34.9 Å². The van der Waals surface area contributed by atoms with Gasteiger partial charge in [0.05, 0.1) is 12.0 Å². The molecule has 1 atom stereocenters. The number of primary amides is 1. The lowest BCUT2D eigenvalue weighted by atomic mass is 9.87. The lowest BCUT2D eigenvalue weighted by Crippen LogP contribution is -2.34. The van der Waals surface area contributed by atoms with Gasteiger partial charge >= 0.3 is 0 Å². The maximum absolute atomic E-state index is 11.3. The van der Waals surface area contributed by atoms with Crippen LogP contribution in [0.25, 0.3) is 0 Å². The Hall–Kier alpha value is -1.35. The topological polar surface area (TPSA) is 63.3 Å². The van der Waals surface area contributed by atoms with Gasteiger partial charge in [-0.25, -0.2) is 0 Å². The van der Waals surface area contributed by atoms with E-state index in [0.29, 0.717) is 12.8 Å². The number of rotatable bonds is 2. The minimum atomic E-state index is -0.448. The van der Waals surface area contributed by atoms with E-state index >= 15 is 0 Å². The van der Waals surface area contributed by atoms with E-state index in [1.807, 2.05) is 25.1 Å². The zero-order valence-electron chi connectivity index (χ0n) is 8.79. The third-order valence-electron chi connectivity index (χ3n) is 3.21. The van der Waals surface area contributed by atoms with E-state index in [-0.39, 0.29) is 12.5 Å². The second-order valence-corrected chi connectivity index (χ2v) is 4.54. The molecule has 0 aliphatic heterocycles. The van der Waals surface area contributed by atoms with Gasteiger partial charge in [0.25, 0.3) is 0 Å². The Balaban J connectivity index is 2.35. The number of nitrogens with two attached hydrogens (primary N) is 1. The Bertz CT molecular complexity index is 414. The maximum atomic E-state index is 11.3. The molecule has 0 aromatic heterocycles. The molecule has 1 aliphatic carbocycles. The zero-order valence-corrected chi connectivity index (χ0v) is 8.79. The maximum Gasteiger partial charge on any atom is 0.224 e. The summed E-state index contributed by atoms with van der Waals surface area (Å²) in [4.78, 5) is 11.3. The first kappa shape index (κ1) is 10.2. The molecular weight excluding hydrogens is 190 g/mol. The molecule has 0 spiro atoms. The van der Waals surface area contributed by atoms with Crippen molar-refractivity contribution in [2.24, 2.45) is 11.1 Å². The summed E-state index contributed by atoms with van der Waals surface area (Å²) in [5.41, 5.74) is 8.15. The van der Waals surface area contributed by atoms with E-state index in [2.05, 4.69) is 0 Å². The van der Waals surface area contributed by atoms with Crippen LogP contribution in [0.15, 0.2) is 18.2 Å². The highest BCUT2D eigenvalue weighted by molar-refractivity contribution is 5.82. The standard InChI is InChI=1S/C12H15NO2/c1-12(11(13)15)5-9-3-2-8(7-14)4-10(9)6-12/h2-4,14H,5-7H2,1H3,(H2,13,15). The fourth-order valence-corrected chi connectivity index (χ4v) is 2.19. The van der Waals surface area contributed by atoms with Gasteiger partial charge < -0.3 is 10.8 Å². The van der Waals surface area contributed by atoms with Crippen molar-refractivity contribution in [2.45, 2.75) is 26.4 Å². The first-order chi connectivity index (χ1) is 7.05. The van der Waals surface area contributed by atoms with E-state index in [4.69, 9.17) is 10.8 Å². The highest BCUT2D eigenvalue weighted by Gasteiger charge is 2.37. The van der Waals surface area contributed by atoms with Crippen LogP contribution in [0.3, 0.4) is 0 Å². The average Bonchev–Trinajstić information content (AvgIpc) is 2.54. The molecule has 0 saturated heterocycles.